The molecule has 7 atom stereocenters. The van der Waals surface area contributed by atoms with Gasteiger partial charge in [-0.05, 0) is 117 Å². The van der Waals surface area contributed by atoms with E-state index in [1.54, 1.807) is 20.8 Å². The van der Waals surface area contributed by atoms with Crippen LogP contribution in [0.3, 0.4) is 0 Å². The van der Waals surface area contributed by atoms with E-state index in [4.69, 9.17) is 19.3 Å². The molecule has 7 unspecified atom stereocenters. The monoisotopic (exact) mass is 670 g/mol. The molecule has 0 spiro atoms. The lowest BCUT2D eigenvalue weighted by Crippen LogP contribution is -2.48. The molecule has 5 aliphatic carbocycles. The Morgan fingerprint density at radius 1 is 0.915 bits per heavy atom. The van der Waals surface area contributed by atoms with E-state index in [0.29, 0.717) is 42.6 Å². The zero-order valence-corrected chi connectivity index (χ0v) is 29.1. The van der Waals surface area contributed by atoms with Crippen LogP contribution in [-0.2, 0) is 23.8 Å². The van der Waals surface area contributed by atoms with Crippen LogP contribution in [0.2, 0.25) is 0 Å². The maximum absolute atomic E-state index is 12.7. The predicted molar refractivity (Wildman–Crippen MR) is 175 cm³/mol. The van der Waals surface area contributed by atoms with Crippen LogP contribution >= 0.6 is 0 Å². The highest BCUT2D eigenvalue weighted by atomic mass is 19.4. The second-order valence-electron chi connectivity index (χ2n) is 15.9. The molecule has 3 saturated carbocycles. The van der Waals surface area contributed by atoms with Crippen molar-refractivity contribution in [1.82, 2.24) is 0 Å². The number of aliphatic hydroxyl groups is 1. The van der Waals surface area contributed by atoms with Crippen LogP contribution in [0.15, 0.2) is 37.1 Å². The number of alkyl halides is 3. The van der Waals surface area contributed by atoms with Crippen LogP contribution in [0.5, 0.6) is 0 Å². The van der Waals surface area contributed by atoms with Gasteiger partial charge in [0.25, 0.3) is 0 Å². The highest BCUT2D eigenvalue weighted by molar-refractivity contribution is 5.76. The summed E-state index contributed by atoms with van der Waals surface area (Å²) < 4.78 is 55.2. The summed E-state index contributed by atoms with van der Waals surface area (Å²) in [6.45, 7) is 13.4. The third kappa shape index (κ3) is 11.7. The first-order chi connectivity index (χ1) is 21.6. The summed E-state index contributed by atoms with van der Waals surface area (Å²) in [7, 11) is 0. The molecule has 10 heteroatoms. The molecule has 0 amide bonds. The van der Waals surface area contributed by atoms with Gasteiger partial charge in [0.1, 0.15) is 11.4 Å². The first-order valence-electron chi connectivity index (χ1n) is 17.1. The van der Waals surface area contributed by atoms with E-state index < -0.39 is 35.4 Å². The topological polar surface area (TPSA) is 102 Å². The molecule has 7 nitrogen and oxygen atoms in total. The molecule has 268 valence electrons. The highest BCUT2D eigenvalue weighted by Gasteiger charge is 2.52. The molecule has 5 rings (SSSR count). The third-order valence-corrected chi connectivity index (χ3v) is 10.2. The number of fused-ring (bicyclic) bond motifs is 4. The zero-order valence-electron chi connectivity index (χ0n) is 29.1. The number of Topliss-reactive ketones (excluding diaryl/α,β-unsaturated/α-hetero) is 1. The van der Waals surface area contributed by atoms with Gasteiger partial charge >= 0.3 is 12.1 Å². The predicted octanol–water partition coefficient (Wildman–Crippen LogP) is 8.36. The van der Waals surface area contributed by atoms with Crippen LogP contribution in [0.1, 0.15) is 112 Å². The summed E-state index contributed by atoms with van der Waals surface area (Å²) in [5.41, 5.74) is -4.46. The second-order valence-corrected chi connectivity index (χ2v) is 15.9. The summed E-state index contributed by atoms with van der Waals surface area (Å²) in [4.78, 5) is 21.6. The number of carbonyl (C=O) groups is 2. The highest BCUT2D eigenvalue weighted by Crippen LogP contribution is 2.45. The van der Waals surface area contributed by atoms with Crippen LogP contribution < -0.4 is 0 Å². The quantitative estimate of drug-likeness (QED) is 0.150. The number of hydrogen-bond acceptors (Lipinski definition) is 6. The maximum Gasteiger partial charge on any atom is 0.417 e. The number of halogens is 3. The van der Waals surface area contributed by atoms with Gasteiger partial charge in [0.2, 0.25) is 0 Å². The van der Waals surface area contributed by atoms with Crippen molar-refractivity contribution >= 4 is 11.8 Å². The zero-order chi connectivity index (χ0) is 35.3. The Labute approximate surface area is 279 Å². The van der Waals surface area contributed by atoms with Crippen LogP contribution in [-0.4, -0.2) is 63.3 Å². The summed E-state index contributed by atoms with van der Waals surface area (Å²) in [5, 5.41) is 18.3. The van der Waals surface area contributed by atoms with Crippen molar-refractivity contribution in [3.05, 3.63) is 37.1 Å². The molecule has 4 bridgehead atoms. The van der Waals surface area contributed by atoms with Gasteiger partial charge in [-0.25, -0.2) is 0 Å². The number of aliphatic carboxylic acids is 1. The van der Waals surface area contributed by atoms with Gasteiger partial charge in [-0.15, -0.1) is 0 Å². The Kier molecular flexibility index (Phi) is 13.0. The maximum atomic E-state index is 12.7. The summed E-state index contributed by atoms with van der Waals surface area (Å²) in [6.07, 6.45) is 14.9. The van der Waals surface area contributed by atoms with Gasteiger partial charge in [0.05, 0.1) is 36.6 Å². The molecule has 0 radical (unpaired) electrons. The molecule has 3 fully saturated rings. The minimum atomic E-state index is -4.64. The number of ether oxygens (including phenoxy) is 3. The fourth-order valence-electron chi connectivity index (χ4n) is 8.07. The molecule has 0 saturated heterocycles. The lowest BCUT2D eigenvalue weighted by molar-refractivity contribution is -0.269. The number of rotatable bonds is 13. The van der Waals surface area contributed by atoms with Crippen molar-refractivity contribution in [2.75, 3.05) is 6.61 Å². The average molecular weight is 671 g/mol. The minimum Gasteiger partial charge on any atom is -0.495 e. The standard InChI is InChI=1S/C15H23F3O2.C12H18O3.C10H16O2/c1-13(2,9-14(3,19)15(16,17)18)20-8-12-7-10-4-5-11(12)6-10;1-12(2,7-11(13)14)15-10-6-8-3-4-9(10)5-8;1-3-12-10(8-9(2)11)6-4-5-7-10/h4-5,10-12,19H,6-9H2,1-3H3;3-4,8-10H,5-7H2,1-2H3,(H,13,14);3H,1,4-8H2,2H3. The Morgan fingerprint density at radius 2 is 1.49 bits per heavy atom. The van der Waals surface area contributed by atoms with Gasteiger partial charge in [0.15, 0.2) is 5.60 Å². The molecular weight excluding hydrogens is 613 g/mol. The van der Waals surface area contributed by atoms with Crippen molar-refractivity contribution in [2.24, 2.45) is 29.6 Å². The average Bonchev–Trinajstić information content (AvgIpc) is 3.74. The number of hydrogen-bond donors (Lipinski definition) is 2. The SMILES string of the molecule is C=COC1(CC(C)=O)CCCC1.CC(C)(CC(=O)O)OC1CC2C=CC1C2.CC(C)(CC(C)(O)C(F)(F)F)OCC1CC2C=CC1C2. The van der Waals surface area contributed by atoms with Crippen molar-refractivity contribution in [3.63, 3.8) is 0 Å². The van der Waals surface area contributed by atoms with Crippen molar-refractivity contribution < 1.29 is 47.2 Å². The van der Waals surface area contributed by atoms with Gasteiger partial charge in [-0.1, -0.05) is 30.9 Å². The van der Waals surface area contributed by atoms with E-state index >= 15 is 0 Å². The minimum absolute atomic E-state index is 0.0740. The van der Waals surface area contributed by atoms with E-state index in [0.717, 1.165) is 39.0 Å². The first-order valence-corrected chi connectivity index (χ1v) is 17.1. The third-order valence-electron chi connectivity index (χ3n) is 10.2. The fraction of sp³-hybridized carbons (Fsp3) is 0.784. The van der Waals surface area contributed by atoms with E-state index in [1.165, 1.54) is 25.5 Å². The van der Waals surface area contributed by atoms with E-state index in [-0.39, 0.29) is 23.9 Å². The summed E-state index contributed by atoms with van der Waals surface area (Å²) in [6, 6.07) is 0. The van der Waals surface area contributed by atoms with Gasteiger partial charge in [0, 0.05) is 18.8 Å². The van der Waals surface area contributed by atoms with Crippen LogP contribution in [0.25, 0.3) is 0 Å². The molecular formula is C37H57F3O7. The van der Waals surface area contributed by atoms with E-state index in [2.05, 4.69) is 30.9 Å². The smallest absolute Gasteiger partial charge is 0.417 e. The molecule has 0 aromatic heterocycles. The van der Waals surface area contributed by atoms with E-state index in [9.17, 15) is 27.9 Å². The Morgan fingerprint density at radius 3 is 1.91 bits per heavy atom. The molecule has 0 aromatic rings. The lowest BCUT2D eigenvalue weighted by atomic mass is 9.89. The lowest BCUT2D eigenvalue weighted by Gasteiger charge is -2.36. The molecule has 5 aliphatic rings. The Bertz CT molecular complexity index is 1130. The van der Waals surface area contributed by atoms with Crippen molar-refractivity contribution in [2.45, 2.75) is 147 Å². The van der Waals surface area contributed by atoms with Crippen LogP contribution in [0, 0.1) is 29.6 Å². The van der Waals surface area contributed by atoms with Gasteiger partial charge in [-0.3, -0.25) is 9.59 Å². The van der Waals surface area contributed by atoms with Crippen molar-refractivity contribution in [3.8, 4) is 0 Å². The molecule has 0 heterocycles. The van der Waals surface area contributed by atoms with Crippen molar-refractivity contribution in [1.29, 1.82) is 0 Å². The van der Waals surface area contributed by atoms with Crippen LogP contribution in [0.4, 0.5) is 13.2 Å². The first kappa shape index (κ1) is 39.3. The second kappa shape index (κ2) is 15.6. The Hall–Kier alpha value is -2.17. The number of allylic oxidation sites excluding steroid dienone is 3. The molecule has 0 aliphatic heterocycles. The summed E-state index contributed by atoms with van der Waals surface area (Å²) >= 11 is 0. The summed E-state index contributed by atoms with van der Waals surface area (Å²) in [5.74, 6) is 2.13. The largest absolute Gasteiger partial charge is 0.495 e. The molecule has 2 N–H and O–H groups in total. The molecule has 47 heavy (non-hydrogen) atoms. The number of ketones is 1. The fourth-order valence-corrected chi connectivity index (χ4v) is 8.07. The normalized spacial score (nSPS) is 29.8. The van der Waals surface area contributed by atoms with Gasteiger partial charge < -0.3 is 24.4 Å². The number of carbonyl (C=O) groups excluding carboxylic acids is 1. The Balaban J connectivity index is 0.000000199. The number of carboxylic acid groups (broad SMARTS) is 1. The molecule has 0 aromatic carbocycles. The number of carboxylic acids is 1. The van der Waals surface area contributed by atoms with E-state index in [1.807, 2.05) is 13.8 Å². The van der Waals surface area contributed by atoms with Gasteiger partial charge in [-0.2, -0.15) is 13.2 Å².